The number of carbonyl (C=O) groups is 2. The van der Waals surface area contributed by atoms with Crippen molar-refractivity contribution in [2.45, 2.75) is 11.4 Å². The van der Waals surface area contributed by atoms with Crippen molar-refractivity contribution in [3.8, 4) is 0 Å². The zero-order valence-electron chi connectivity index (χ0n) is 18.4. The number of aryl methyl sites for hydroxylation is 1. The molecule has 1 aliphatic heterocycles. The topological polar surface area (TPSA) is 86.7 Å². The molecule has 168 valence electrons. The van der Waals surface area contributed by atoms with Crippen LogP contribution in [0.1, 0.15) is 37.4 Å². The third-order valence-corrected chi connectivity index (χ3v) is 6.32. The molecule has 0 bridgehead atoms. The van der Waals surface area contributed by atoms with Gasteiger partial charge in [-0.05, 0) is 42.3 Å². The summed E-state index contributed by atoms with van der Waals surface area (Å²) in [5, 5.41) is 5.73. The number of hydrogen-bond acceptors (Lipinski definition) is 5. The van der Waals surface area contributed by atoms with E-state index in [2.05, 4.69) is 48.1 Å². The van der Waals surface area contributed by atoms with Crippen LogP contribution >= 0.6 is 22.6 Å². The molecule has 0 aliphatic carbocycles. The highest BCUT2D eigenvalue weighted by Gasteiger charge is 2.18. The van der Waals surface area contributed by atoms with Crippen molar-refractivity contribution in [2.75, 3.05) is 30.8 Å². The number of likely N-dealkylation sites (N-methyl/N-ethyl adjacent to an activating group) is 1. The summed E-state index contributed by atoms with van der Waals surface area (Å²) in [5.74, 6) is 0.778. The average Bonchev–Trinajstić information content (AvgIpc) is 3.26. The maximum absolute atomic E-state index is 13.0. The molecule has 0 saturated heterocycles. The van der Waals surface area contributed by atoms with Gasteiger partial charge in [0, 0.05) is 35.3 Å². The Bertz CT molecular complexity index is 1210. The Hall–Kier alpha value is -3.27. The van der Waals surface area contributed by atoms with Gasteiger partial charge in [-0.3, -0.25) is 14.6 Å². The number of anilines is 2. The van der Waals surface area contributed by atoms with Crippen LogP contribution in [0.3, 0.4) is 0 Å². The molecule has 4 rings (SSSR count). The summed E-state index contributed by atoms with van der Waals surface area (Å²) >= 11 is 2.26. The maximum atomic E-state index is 13.0. The molecule has 0 spiro atoms. The lowest BCUT2D eigenvalue weighted by atomic mass is 10.1. The molecular weight excluding hydrogens is 529 g/mol. The van der Waals surface area contributed by atoms with Gasteiger partial charge in [0.2, 0.25) is 0 Å². The van der Waals surface area contributed by atoms with Crippen molar-refractivity contribution in [2.24, 2.45) is 4.99 Å². The van der Waals surface area contributed by atoms with Gasteiger partial charge in [0.05, 0.1) is 17.8 Å². The van der Waals surface area contributed by atoms with Crippen molar-refractivity contribution in [3.05, 3.63) is 88.6 Å². The SMILES string of the molecule is Cc1cccc(C(=O)Nc2ccc(CI)cn2)c1NC(=O)c1ccc(C2=NCCN2C)cc1. The highest BCUT2D eigenvalue weighted by atomic mass is 127. The molecule has 0 unspecified atom stereocenters. The van der Waals surface area contributed by atoms with Gasteiger partial charge in [-0.2, -0.15) is 0 Å². The van der Waals surface area contributed by atoms with Crippen molar-refractivity contribution >= 4 is 51.7 Å². The van der Waals surface area contributed by atoms with Gasteiger partial charge in [0.1, 0.15) is 11.7 Å². The summed E-state index contributed by atoms with van der Waals surface area (Å²) in [4.78, 5) is 36.8. The first-order valence-electron chi connectivity index (χ1n) is 10.6. The van der Waals surface area contributed by atoms with E-state index in [1.807, 2.05) is 38.2 Å². The normalized spacial score (nSPS) is 12.9. The number of alkyl halides is 1. The number of pyridine rings is 1. The maximum Gasteiger partial charge on any atom is 0.258 e. The number of nitrogens with one attached hydrogen (secondary N) is 2. The fourth-order valence-electron chi connectivity index (χ4n) is 3.58. The van der Waals surface area contributed by atoms with Gasteiger partial charge in [-0.15, -0.1) is 0 Å². The Morgan fingerprint density at radius 3 is 2.45 bits per heavy atom. The van der Waals surface area contributed by atoms with E-state index >= 15 is 0 Å². The van der Waals surface area contributed by atoms with Crippen LogP contribution in [-0.4, -0.2) is 47.7 Å². The number of carbonyl (C=O) groups excluding carboxylic acids is 2. The van der Waals surface area contributed by atoms with E-state index in [0.29, 0.717) is 22.6 Å². The number of nitrogens with zero attached hydrogens (tertiary/aromatic N) is 3. The second-order valence-electron chi connectivity index (χ2n) is 7.80. The summed E-state index contributed by atoms with van der Waals surface area (Å²) in [5.41, 5.74) is 4.21. The van der Waals surface area contributed by atoms with Crippen molar-refractivity contribution < 1.29 is 9.59 Å². The van der Waals surface area contributed by atoms with E-state index in [9.17, 15) is 9.59 Å². The molecule has 0 atom stereocenters. The first-order chi connectivity index (χ1) is 16.0. The summed E-state index contributed by atoms with van der Waals surface area (Å²) in [6.07, 6.45) is 1.74. The summed E-state index contributed by atoms with van der Waals surface area (Å²) in [6.45, 7) is 3.54. The van der Waals surface area contributed by atoms with Gasteiger partial charge in [-0.25, -0.2) is 4.98 Å². The quantitative estimate of drug-likeness (QED) is 0.347. The first-order valence-corrected chi connectivity index (χ1v) is 12.1. The summed E-state index contributed by atoms with van der Waals surface area (Å²) in [6, 6.07) is 16.4. The minimum Gasteiger partial charge on any atom is -0.358 e. The van der Waals surface area contributed by atoms with Crippen LogP contribution in [0.4, 0.5) is 11.5 Å². The number of halogens is 1. The second kappa shape index (κ2) is 10.1. The van der Waals surface area contributed by atoms with Crippen LogP contribution in [-0.2, 0) is 4.43 Å². The van der Waals surface area contributed by atoms with Crippen molar-refractivity contribution in [1.29, 1.82) is 0 Å². The van der Waals surface area contributed by atoms with Crippen molar-refractivity contribution in [1.82, 2.24) is 9.88 Å². The third-order valence-electron chi connectivity index (χ3n) is 5.44. The fraction of sp³-hybridized carbons (Fsp3) is 0.200. The Labute approximate surface area is 206 Å². The Morgan fingerprint density at radius 1 is 1.03 bits per heavy atom. The molecule has 33 heavy (non-hydrogen) atoms. The fourth-order valence-corrected chi connectivity index (χ4v) is 4.04. The van der Waals surface area contributed by atoms with E-state index in [1.165, 1.54) is 0 Å². The number of benzene rings is 2. The number of amidine groups is 1. The number of rotatable bonds is 6. The van der Waals surface area contributed by atoms with Crippen LogP contribution in [0.25, 0.3) is 0 Å². The minimum absolute atomic E-state index is 0.281. The molecule has 1 aliphatic rings. The van der Waals surface area contributed by atoms with Gasteiger partial charge >= 0.3 is 0 Å². The summed E-state index contributed by atoms with van der Waals surface area (Å²) in [7, 11) is 2.00. The number of aliphatic imine (C=N–C) groups is 1. The predicted molar refractivity (Wildman–Crippen MR) is 140 cm³/mol. The van der Waals surface area contributed by atoms with Crippen molar-refractivity contribution in [3.63, 3.8) is 0 Å². The summed E-state index contributed by atoms with van der Waals surface area (Å²) < 4.78 is 0.846. The number of aromatic nitrogens is 1. The van der Waals surface area contributed by atoms with Crippen LogP contribution in [0, 0.1) is 6.92 Å². The van der Waals surface area contributed by atoms with Gasteiger partial charge in [-0.1, -0.05) is 52.9 Å². The zero-order valence-corrected chi connectivity index (χ0v) is 20.6. The van der Waals surface area contributed by atoms with Gasteiger partial charge < -0.3 is 15.5 Å². The number of para-hydroxylation sites is 1. The standard InChI is InChI=1S/C25H24IN5O2/c1-16-4-3-5-20(25(33)29-21-11-6-17(14-26)15-28-21)22(16)30-24(32)19-9-7-18(8-10-19)23-27-12-13-31(23)2/h3-11,15H,12-14H2,1-2H3,(H,30,32)(H,28,29,33). The number of amides is 2. The zero-order chi connectivity index (χ0) is 23.4. The Morgan fingerprint density at radius 2 is 1.82 bits per heavy atom. The second-order valence-corrected chi connectivity index (χ2v) is 8.56. The van der Waals surface area contributed by atoms with Gasteiger partial charge in [0.15, 0.2) is 0 Å². The molecule has 2 aromatic carbocycles. The molecule has 2 N–H and O–H groups in total. The molecule has 3 aromatic rings. The lowest BCUT2D eigenvalue weighted by Gasteiger charge is -2.15. The predicted octanol–water partition coefficient (Wildman–Crippen LogP) is 4.52. The molecule has 1 aromatic heterocycles. The molecule has 8 heteroatoms. The first kappa shape index (κ1) is 22.9. The third kappa shape index (κ3) is 5.22. The molecule has 7 nitrogen and oxygen atoms in total. The van der Waals surface area contributed by atoms with Gasteiger partial charge in [0.25, 0.3) is 11.8 Å². The molecule has 2 amide bonds. The van der Waals surface area contributed by atoms with Crippen LogP contribution in [0.5, 0.6) is 0 Å². The highest BCUT2D eigenvalue weighted by molar-refractivity contribution is 14.1. The van der Waals surface area contributed by atoms with Crippen LogP contribution in [0.15, 0.2) is 65.8 Å². The average molecular weight is 553 g/mol. The molecule has 0 radical (unpaired) electrons. The lowest BCUT2D eigenvalue weighted by Crippen LogP contribution is -2.23. The lowest BCUT2D eigenvalue weighted by molar-refractivity contribution is 0.102. The highest BCUT2D eigenvalue weighted by Crippen LogP contribution is 2.23. The van der Waals surface area contributed by atoms with E-state index in [4.69, 9.17) is 0 Å². The van der Waals surface area contributed by atoms with Crippen LogP contribution in [0.2, 0.25) is 0 Å². The minimum atomic E-state index is -0.332. The largest absolute Gasteiger partial charge is 0.358 e. The van der Waals surface area contributed by atoms with E-state index in [0.717, 1.165) is 40.0 Å². The Kier molecular flexibility index (Phi) is 7.02. The Balaban J connectivity index is 1.52. The molecule has 2 heterocycles. The molecule has 0 fully saturated rings. The van der Waals surface area contributed by atoms with E-state index in [-0.39, 0.29) is 11.8 Å². The van der Waals surface area contributed by atoms with Crippen LogP contribution < -0.4 is 10.6 Å². The smallest absolute Gasteiger partial charge is 0.258 e. The van der Waals surface area contributed by atoms with E-state index in [1.54, 1.807) is 36.5 Å². The monoisotopic (exact) mass is 553 g/mol. The molecular formula is C25H24IN5O2. The molecule has 0 saturated carbocycles. The number of hydrogen-bond donors (Lipinski definition) is 2. The van der Waals surface area contributed by atoms with E-state index < -0.39 is 0 Å².